The molecule has 7 heteroatoms. The summed E-state index contributed by atoms with van der Waals surface area (Å²) in [6, 6.07) is 12.3. The topological polar surface area (TPSA) is 94.3 Å². The van der Waals surface area contributed by atoms with Crippen molar-refractivity contribution < 1.29 is 18.8 Å². The van der Waals surface area contributed by atoms with E-state index in [0.717, 1.165) is 17.7 Å². The van der Waals surface area contributed by atoms with E-state index in [2.05, 4.69) is 22.4 Å². The van der Waals surface area contributed by atoms with Crippen LogP contribution in [-0.2, 0) is 19.6 Å². The second-order valence-electron chi connectivity index (χ2n) is 6.25. The molecular formula is C21H21N3O4. The third-order valence-corrected chi connectivity index (χ3v) is 4.14. The monoisotopic (exact) mass is 379 g/mol. The zero-order valence-corrected chi connectivity index (χ0v) is 15.8. The minimum Gasteiger partial charge on any atom is -0.486 e. The molecule has 1 aromatic carbocycles. The number of pyridine rings is 1. The molecule has 0 atom stereocenters. The summed E-state index contributed by atoms with van der Waals surface area (Å²) in [7, 11) is 0. The molecule has 0 aliphatic carbocycles. The van der Waals surface area contributed by atoms with Crippen LogP contribution in [0.15, 0.2) is 53.2 Å². The van der Waals surface area contributed by atoms with Crippen LogP contribution < -0.4 is 10.1 Å². The first kappa shape index (κ1) is 19.3. The van der Waals surface area contributed by atoms with E-state index >= 15 is 0 Å². The number of carbonyl (C=O) groups excluding carboxylic acids is 2. The maximum atomic E-state index is 12.2. The Morgan fingerprint density at radius 1 is 1.18 bits per heavy atom. The fourth-order valence-electron chi connectivity index (χ4n) is 2.48. The number of ether oxygens (including phenoxy) is 1. The van der Waals surface area contributed by atoms with Gasteiger partial charge in [-0.2, -0.15) is 0 Å². The van der Waals surface area contributed by atoms with Crippen molar-refractivity contribution in [2.24, 2.45) is 0 Å². The number of nitrogens with zero attached hydrogens (tertiary/aromatic N) is 2. The number of hydrogen-bond donors (Lipinski definition) is 1. The summed E-state index contributed by atoms with van der Waals surface area (Å²) in [6.07, 6.45) is 2.72. The number of amides is 1. The van der Waals surface area contributed by atoms with Gasteiger partial charge in [0, 0.05) is 17.8 Å². The molecule has 2 aromatic heterocycles. The van der Waals surface area contributed by atoms with Crippen LogP contribution in [0.2, 0.25) is 0 Å². The van der Waals surface area contributed by atoms with Crippen molar-refractivity contribution in [3.05, 3.63) is 76.9 Å². The number of benzene rings is 1. The number of ketones is 1. The summed E-state index contributed by atoms with van der Waals surface area (Å²) >= 11 is 0. The van der Waals surface area contributed by atoms with Gasteiger partial charge in [0.25, 0.3) is 5.91 Å². The van der Waals surface area contributed by atoms with Crippen molar-refractivity contribution in [1.82, 2.24) is 15.5 Å². The third kappa shape index (κ3) is 5.03. The molecule has 144 valence electrons. The second-order valence-corrected chi connectivity index (χ2v) is 6.25. The van der Waals surface area contributed by atoms with Crippen molar-refractivity contribution in [2.75, 3.05) is 0 Å². The van der Waals surface area contributed by atoms with Gasteiger partial charge in [-0.15, -0.1) is 0 Å². The Hall–Kier alpha value is -3.48. The first-order valence-corrected chi connectivity index (χ1v) is 8.96. The average Bonchev–Trinajstić information content (AvgIpc) is 3.20. The number of aryl methyl sites for hydroxylation is 1. The van der Waals surface area contributed by atoms with Crippen LogP contribution in [0.25, 0.3) is 0 Å². The summed E-state index contributed by atoms with van der Waals surface area (Å²) < 4.78 is 10.7. The van der Waals surface area contributed by atoms with E-state index in [1.54, 1.807) is 30.5 Å². The highest BCUT2D eigenvalue weighted by molar-refractivity contribution is 5.94. The average molecular weight is 379 g/mol. The Labute approximate surface area is 162 Å². The number of aromatic nitrogens is 2. The summed E-state index contributed by atoms with van der Waals surface area (Å²) in [5.41, 5.74) is 2.64. The molecular weight excluding hydrogens is 358 g/mol. The quantitative estimate of drug-likeness (QED) is 0.603. The lowest BCUT2D eigenvalue weighted by Crippen LogP contribution is -2.23. The largest absolute Gasteiger partial charge is 0.486 e. The standard InChI is InChI=1S/C21H21N3O4/c1-3-15-7-8-17(22-11-15)12-23-21(26)20-10-19(28-24-20)13-27-18-6-4-5-16(9-18)14(2)25/h4-11H,3,12-13H2,1-2H3,(H,23,26). The first-order chi connectivity index (χ1) is 13.5. The lowest BCUT2D eigenvalue weighted by Gasteiger charge is -2.04. The van der Waals surface area contributed by atoms with Crippen LogP contribution in [0.4, 0.5) is 0 Å². The molecule has 0 spiro atoms. The Morgan fingerprint density at radius 2 is 2.04 bits per heavy atom. The fourth-order valence-corrected chi connectivity index (χ4v) is 2.48. The number of nitrogens with one attached hydrogen (secondary N) is 1. The highest BCUT2D eigenvalue weighted by Gasteiger charge is 2.13. The number of carbonyl (C=O) groups is 2. The van der Waals surface area contributed by atoms with E-state index in [1.807, 2.05) is 12.1 Å². The molecule has 2 heterocycles. The number of rotatable bonds is 8. The molecule has 7 nitrogen and oxygen atoms in total. The van der Waals surface area contributed by atoms with Crippen LogP contribution in [0, 0.1) is 0 Å². The van der Waals surface area contributed by atoms with Gasteiger partial charge in [0.2, 0.25) is 0 Å². The van der Waals surface area contributed by atoms with Gasteiger partial charge in [0.15, 0.2) is 17.2 Å². The Balaban J connectivity index is 1.53. The highest BCUT2D eigenvalue weighted by atomic mass is 16.5. The Morgan fingerprint density at radius 3 is 2.75 bits per heavy atom. The van der Waals surface area contributed by atoms with E-state index in [9.17, 15) is 9.59 Å². The summed E-state index contributed by atoms with van der Waals surface area (Å²) in [4.78, 5) is 27.9. The minimum absolute atomic E-state index is 0.0390. The molecule has 0 radical (unpaired) electrons. The zero-order chi connectivity index (χ0) is 19.9. The predicted octanol–water partition coefficient (Wildman–Crippen LogP) is 3.34. The molecule has 0 unspecified atom stereocenters. The number of hydrogen-bond acceptors (Lipinski definition) is 6. The van der Waals surface area contributed by atoms with Crippen LogP contribution in [0.1, 0.15) is 51.7 Å². The van der Waals surface area contributed by atoms with E-state index in [-0.39, 0.29) is 24.0 Å². The van der Waals surface area contributed by atoms with Crippen molar-refractivity contribution in [3.8, 4) is 5.75 Å². The summed E-state index contributed by atoms with van der Waals surface area (Å²) in [5.74, 6) is 0.554. The summed E-state index contributed by atoms with van der Waals surface area (Å²) in [5, 5.41) is 6.53. The molecule has 0 saturated heterocycles. The predicted molar refractivity (Wildman–Crippen MR) is 102 cm³/mol. The zero-order valence-electron chi connectivity index (χ0n) is 15.8. The van der Waals surface area contributed by atoms with Crippen LogP contribution in [-0.4, -0.2) is 21.8 Å². The van der Waals surface area contributed by atoms with E-state index in [1.165, 1.54) is 13.0 Å². The Kier molecular flexibility index (Phi) is 6.16. The number of Topliss-reactive ketones (excluding diaryl/α,β-unsaturated/α-hetero) is 1. The highest BCUT2D eigenvalue weighted by Crippen LogP contribution is 2.16. The fraction of sp³-hybridized carbons (Fsp3) is 0.238. The molecule has 1 amide bonds. The van der Waals surface area contributed by atoms with Crippen LogP contribution in [0.3, 0.4) is 0 Å². The molecule has 3 aromatic rings. The second kappa shape index (κ2) is 8.94. The normalized spacial score (nSPS) is 10.5. The van der Waals surface area contributed by atoms with Gasteiger partial charge in [-0.05, 0) is 37.1 Å². The van der Waals surface area contributed by atoms with Gasteiger partial charge in [0.05, 0.1) is 12.2 Å². The lowest BCUT2D eigenvalue weighted by atomic mass is 10.1. The molecule has 0 fully saturated rings. The molecule has 0 aliphatic heterocycles. The molecule has 1 N–H and O–H groups in total. The van der Waals surface area contributed by atoms with E-state index in [4.69, 9.17) is 9.26 Å². The van der Waals surface area contributed by atoms with Gasteiger partial charge in [-0.1, -0.05) is 30.3 Å². The third-order valence-electron chi connectivity index (χ3n) is 4.14. The smallest absolute Gasteiger partial charge is 0.273 e. The molecule has 0 saturated carbocycles. The van der Waals surface area contributed by atoms with Gasteiger partial charge < -0.3 is 14.6 Å². The molecule has 28 heavy (non-hydrogen) atoms. The Bertz CT molecular complexity index is 964. The maximum Gasteiger partial charge on any atom is 0.273 e. The van der Waals surface area contributed by atoms with Gasteiger partial charge in [-0.3, -0.25) is 14.6 Å². The van der Waals surface area contributed by atoms with E-state index < -0.39 is 0 Å². The van der Waals surface area contributed by atoms with Gasteiger partial charge in [0.1, 0.15) is 12.4 Å². The molecule has 0 bridgehead atoms. The van der Waals surface area contributed by atoms with Gasteiger partial charge >= 0.3 is 0 Å². The van der Waals surface area contributed by atoms with Crippen molar-refractivity contribution >= 4 is 11.7 Å². The van der Waals surface area contributed by atoms with E-state index in [0.29, 0.717) is 23.6 Å². The van der Waals surface area contributed by atoms with Crippen LogP contribution >= 0.6 is 0 Å². The van der Waals surface area contributed by atoms with Crippen molar-refractivity contribution in [2.45, 2.75) is 33.4 Å². The van der Waals surface area contributed by atoms with Crippen LogP contribution in [0.5, 0.6) is 5.75 Å². The van der Waals surface area contributed by atoms with Crippen molar-refractivity contribution in [3.63, 3.8) is 0 Å². The SMILES string of the molecule is CCc1ccc(CNC(=O)c2cc(COc3cccc(C(C)=O)c3)on2)nc1. The molecule has 3 rings (SSSR count). The van der Waals surface area contributed by atoms with Crippen molar-refractivity contribution in [1.29, 1.82) is 0 Å². The lowest BCUT2D eigenvalue weighted by molar-refractivity contribution is 0.0940. The van der Waals surface area contributed by atoms with Gasteiger partial charge in [-0.25, -0.2) is 0 Å². The molecule has 0 aliphatic rings. The summed E-state index contributed by atoms with van der Waals surface area (Å²) in [6.45, 7) is 3.96. The first-order valence-electron chi connectivity index (χ1n) is 8.96. The minimum atomic E-state index is -0.352. The maximum absolute atomic E-state index is 12.2.